The Balaban J connectivity index is 2.20. The Morgan fingerprint density at radius 2 is 1.81 bits per heavy atom. The van der Waals surface area contributed by atoms with Crippen molar-refractivity contribution in [2.24, 2.45) is 0 Å². The smallest absolute Gasteiger partial charge is 0.0994 e. The van der Waals surface area contributed by atoms with Crippen LogP contribution in [-0.2, 0) is 0 Å². The van der Waals surface area contributed by atoms with Crippen molar-refractivity contribution in [3.63, 3.8) is 0 Å². The molecule has 0 radical (unpaired) electrons. The number of hydrogen-bond donors (Lipinski definition) is 0. The van der Waals surface area contributed by atoms with Crippen molar-refractivity contribution in [2.75, 3.05) is 18.0 Å². The molecule has 0 saturated carbocycles. The second kappa shape index (κ2) is 5.03. The lowest BCUT2D eigenvalue weighted by molar-refractivity contribution is 0.726. The van der Waals surface area contributed by atoms with Crippen molar-refractivity contribution in [1.82, 2.24) is 0 Å². The minimum absolute atomic E-state index is 0.790. The zero-order chi connectivity index (χ0) is 11.4. The van der Waals surface area contributed by atoms with Gasteiger partial charge in [0.2, 0.25) is 0 Å². The third kappa shape index (κ3) is 2.36. The number of hydrogen-bond acceptors (Lipinski definition) is 2. The molecule has 16 heavy (non-hydrogen) atoms. The summed E-state index contributed by atoms with van der Waals surface area (Å²) in [6.07, 6.45) is 5.29. The minimum atomic E-state index is 0.790. The Hall–Kier alpha value is -1.49. The lowest BCUT2D eigenvalue weighted by atomic mass is 10.1. The molecular weight excluding hydrogens is 196 g/mol. The normalized spacial score (nSPS) is 16.6. The lowest BCUT2D eigenvalue weighted by Crippen LogP contribution is -2.23. The van der Waals surface area contributed by atoms with Crippen molar-refractivity contribution in [3.8, 4) is 6.07 Å². The zero-order valence-corrected chi connectivity index (χ0v) is 9.87. The van der Waals surface area contributed by atoms with E-state index in [-0.39, 0.29) is 0 Å². The van der Waals surface area contributed by atoms with Gasteiger partial charge in [0.1, 0.15) is 0 Å². The topological polar surface area (TPSA) is 27.0 Å². The Morgan fingerprint density at radius 1 is 1.12 bits per heavy atom. The monoisotopic (exact) mass is 214 g/mol. The predicted octanol–water partition coefficient (Wildman–Crippen LogP) is 3.25. The lowest BCUT2D eigenvalue weighted by Gasteiger charge is -2.23. The maximum atomic E-state index is 8.90. The number of benzene rings is 1. The maximum Gasteiger partial charge on any atom is 0.0994 e. The van der Waals surface area contributed by atoms with E-state index < -0.39 is 0 Å². The van der Waals surface area contributed by atoms with Crippen LogP contribution in [0.3, 0.4) is 0 Å². The molecule has 0 unspecified atom stereocenters. The summed E-state index contributed by atoms with van der Waals surface area (Å²) in [7, 11) is 0. The van der Waals surface area contributed by atoms with E-state index in [2.05, 4.69) is 23.1 Å². The average Bonchev–Trinajstić information content (AvgIpc) is 2.57. The first-order valence-corrected chi connectivity index (χ1v) is 6.07. The third-order valence-corrected chi connectivity index (χ3v) is 3.30. The first kappa shape index (κ1) is 11.0. The quantitative estimate of drug-likeness (QED) is 0.717. The fraction of sp³-hybridized carbons (Fsp3) is 0.500. The van der Waals surface area contributed by atoms with Crippen LogP contribution >= 0.6 is 0 Å². The Morgan fingerprint density at radius 3 is 2.38 bits per heavy atom. The molecule has 0 aromatic heterocycles. The molecule has 1 aliphatic rings. The summed E-state index contributed by atoms with van der Waals surface area (Å²) in [6.45, 7) is 4.33. The van der Waals surface area contributed by atoms with Gasteiger partial charge in [-0.3, -0.25) is 0 Å². The average molecular weight is 214 g/mol. The fourth-order valence-electron chi connectivity index (χ4n) is 2.30. The van der Waals surface area contributed by atoms with E-state index in [0.29, 0.717) is 0 Å². The van der Waals surface area contributed by atoms with Gasteiger partial charge in [0.05, 0.1) is 11.6 Å². The molecule has 1 aromatic rings. The summed E-state index contributed by atoms with van der Waals surface area (Å²) in [4.78, 5) is 2.45. The molecule has 84 valence electrons. The number of nitriles is 1. The predicted molar refractivity (Wildman–Crippen MR) is 66.6 cm³/mol. The third-order valence-electron chi connectivity index (χ3n) is 3.30. The minimum Gasteiger partial charge on any atom is -0.372 e. The van der Waals surface area contributed by atoms with Crippen LogP contribution in [0, 0.1) is 18.3 Å². The van der Waals surface area contributed by atoms with E-state index in [4.69, 9.17) is 5.26 Å². The standard InChI is InChI=1S/C14H18N2/c1-12-10-14(7-6-13(12)11-15)16-8-4-2-3-5-9-16/h6-7,10H,2-5,8-9H2,1H3. The van der Waals surface area contributed by atoms with E-state index in [1.54, 1.807) is 0 Å². The molecule has 1 saturated heterocycles. The summed E-state index contributed by atoms with van der Waals surface area (Å²) in [5, 5.41) is 8.90. The van der Waals surface area contributed by atoms with E-state index in [0.717, 1.165) is 24.2 Å². The largest absolute Gasteiger partial charge is 0.372 e. The molecule has 0 aliphatic carbocycles. The molecule has 0 amide bonds. The van der Waals surface area contributed by atoms with Gasteiger partial charge in [-0.15, -0.1) is 0 Å². The molecule has 0 N–H and O–H groups in total. The van der Waals surface area contributed by atoms with Gasteiger partial charge in [0, 0.05) is 18.8 Å². The van der Waals surface area contributed by atoms with Gasteiger partial charge in [-0.25, -0.2) is 0 Å². The Kier molecular flexibility index (Phi) is 3.46. The van der Waals surface area contributed by atoms with E-state index >= 15 is 0 Å². The van der Waals surface area contributed by atoms with E-state index in [1.165, 1.54) is 31.4 Å². The van der Waals surface area contributed by atoms with Crippen LogP contribution < -0.4 is 4.90 Å². The second-order valence-electron chi connectivity index (χ2n) is 4.51. The highest BCUT2D eigenvalue weighted by Crippen LogP contribution is 2.22. The Labute approximate surface area is 97.5 Å². The number of aryl methyl sites for hydroxylation is 1. The van der Waals surface area contributed by atoms with Gasteiger partial charge in [-0.1, -0.05) is 12.8 Å². The SMILES string of the molecule is Cc1cc(N2CCCCCC2)ccc1C#N. The van der Waals surface area contributed by atoms with Crippen LogP contribution in [0.25, 0.3) is 0 Å². The molecular formula is C14H18N2. The highest BCUT2D eigenvalue weighted by molar-refractivity contribution is 5.53. The summed E-state index contributed by atoms with van der Waals surface area (Å²) >= 11 is 0. The molecule has 2 rings (SSSR count). The van der Waals surface area contributed by atoms with Gasteiger partial charge in [0.15, 0.2) is 0 Å². The fourth-order valence-corrected chi connectivity index (χ4v) is 2.30. The van der Waals surface area contributed by atoms with Crippen LogP contribution in [0.1, 0.15) is 36.8 Å². The molecule has 1 fully saturated rings. The van der Waals surface area contributed by atoms with Crippen LogP contribution in [0.15, 0.2) is 18.2 Å². The first-order valence-electron chi connectivity index (χ1n) is 6.07. The number of nitrogens with zero attached hydrogens (tertiary/aromatic N) is 2. The molecule has 0 bridgehead atoms. The van der Waals surface area contributed by atoms with Gasteiger partial charge < -0.3 is 4.90 Å². The summed E-state index contributed by atoms with van der Waals surface area (Å²) < 4.78 is 0. The van der Waals surface area contributed by atoms with Gasteiger partial charge in [-0.05, 0) is 43.5 Å². The summed E-state index contributed by atoms with van der Waals surface area (Å²) in [6, 6.07) is 8.38. The van der Waals surface area contributed by atoms with Crippen LogP contribution in [0.2, 0.25) is 0 Å². The first-order chi connectivity index (χ1) is 7.81. The second-order valence-corrected chi connectivity index (χ2v) is 4.51. The maximum absolute atomic E-state index is 8.90. The summed E-state index contributed by atoms with van der Waals surface area (Å²) in [5.41, 5.74) is 3.15. The van der Waals surface area contributed by atoms with Crippen molar-refractivity contribution in [1.29, 1.82) is 5.26 Å². The van der Waals surface area contributed by atoms with Gasteiger partial charge in [0.25, 0.3) is 0 Å². The molecule has 1 aliphatic heterocycles. The van der Waals surface area contributed by atoms with Crippen LogP contribution in [0.5, 0.6) is 0 Å². The van der Waals surface area contributed by atoms with Crippen LogP contribution in [-0.4, -0.2) is 13.1 Å². The van der Waals surface area contributed by atoms with Gasteiger partial charge >= 0.3 is 0 Å². The molecule has 1 heterocycles. The molecule has 2 nitrogen and oxygen atoms in total. The molecule has 2 heteroatoms. The van der Waals surface area contributed by atoms with Gasteiger partial charge in [-0.2, -0.15) is 5.26 Å². The summed E-state index contributed by atoms with van der Waals surface area (Å²) in [5.74, 6) is 0. The highest BCUT2D eigenvalue weighted by Gasteiger charge is 2.10. The van der Waals surface area contributed by atoms with Crippen molar-refractivity contribution >= 4 is 5.69 Å². The van der Waals surface area contributed by atoms with Crippen molar-refractivity contribution in [3.05, 3.63) is 29.3 Å². The molecule has 0 atom stereocenters. The van der Waals surface area contributed by atoms with Crippen molar-refractivity contribution in [2.45, 2.75) is 32.6 Å². The highest BCUT2D eigenvalue weighted by atomic mass is 15.1. The van der Waals surface area contributed by atoms with E-state index in [9.17, 15) is 0 Å². The van der Waals surface area contributed by atoms with E-state index in [1.807, 2.05) is 13.0 Å². The van der Waals surface area contributed by atoms with Crippen LogP contribution in [0.4, 0.5) is 5.69 Å². The Bertz CT molecular complexity index is 396. The number of anilines is 1. The zero-order valence-electron chi connectivity index (χ0n) is 9.87. The molecule has 0 spiro atoms. The molecule has 1 aromatic carbocycles. The van der Waals surface area contributed by atoms with Crippen molar-refractivity contribution < 1.29 is 0 Å². The number of rotatable bonds is 1.